The average Bonchev–Trinajstić information content (AvgIpc) is 3.41. The summed E-state index contributed by atoms with van der Waals surface area (Å²) in [6.07, 6.45) is 7.10. The molecule has 0 radical (unpaired) electrons. The van der Waals surface area contributed by atoms with E-state index in [2.05, 4.69) is 17.3 Å². The molecular weight excluding hydrogens is 316 g/mol. The number of hydrogen-bond acceptors (Lipinski definition) is 4. The molecule has 2 amide bonds. The highest BCUT2D eigenvalue weighted by atomic mass is 16.5. The first kappa shape index (κ1) is 14.9. The predicted octanol–water partition coefficient (Wildman–Crippen LogP) is 2.47. The molecule has 128 valence electrons. The van der Waals surface area contributed by atoms with Crippen molar-refractivity contribution in [1.82, 2.24) is 5.01 Å². The van der Waals surface area contributed by atoms with Crippen molar-refractivity contribution in [3.8, 4) is 5.75 Å². The fourth-order valence-electron chi connectivity index (χ4n) is 5.00. The molecule has 2 bridgehead atoms. The van der Waals surface area contributed by atoms with E-state index in [0.29, 0.717) is 18.4 Å². The number of hydrogen-bond donors (Lipinski definition) is 0. The number of ether oxygens (including phenoxy) is 1. The Labute approximate surface area is 146 Å². The molecule has 1 aromatic carbocycles. The zero-order valence-corrected chi connectivity index (χ0v) is 14.0. The third kappa shape index (κ3) is 2.11. The molecule has 4 aliphatic carbocycles. The molecule has 1 aliphatic heterocycles. The van der Waals surface area contributed by atoms with Gasteiger partial charge in [-0.05, 0) is 66.8 Å². The zero-order chi connectivity index (χ0) is 17.1. The molecule has 5 heteroatoms. The minimum absolute atomic E-state index is 0.123. The molecule has 0 spiro atoms. The van der Waals surface area contributed by atoms with Crippen LogP contribution in [-0.4, -0.2) is 29.6 Å². The maximum atomic E-state index is 12.8. The van der Waals surface area contributed by atoms with Gasteiger partial charge in [-0.25, -0.2) is 0 Å². The summed E-state index contributed by atoms with van der Waals surface area (Å²) < 4.78 is 5.41. The highest BCUT2D eigenvalue weighted by molar-refractivity contribution is 6.06. The van der Waals surface area contributed by atoms with Gasteiger partial charge in [-0.1, -0.05) is 12.2 Å². The molecule has 1 aromatic rings. The summed E-state index contributed by atoms with van der Waals surface area (Å²) in [6, 6.07) is 7.45. The average molecular weight is 336 g/mol. The lowest BCUT2D eigenvalue weighted by atomic mass is 9.63. The second kappa shape index (κ2) is 5.28. The van der Waals surface area contributed by atoms with Crippen LogP contribution in [0.5, 0.6) is 5.75 Å². The number of hydrazone groups is 1. The second-order valence-electron chi connectivity index (χ2n) is 7.39. The number of carbonyl (C=O) groups excluding carboxylic acids is 2. The van der Waals surface area contributed by atoms with Gasteiger partial charge in [0.25, 0.3) is 11.8 Å². The minimum Gasteiger partial charge on any atom is -0.494 e. The van der Waals surface area contributed by atoms with E-state index in [-0.39, 0.29) is 35.5 Å². The summed E-state index contributed by atoms with van der Waals surface area (Å²) in [5.74, 6) is 1.87. The Balaban J connectivity index is 1.37. The summed E-state index contributed by atoms with van der Waals surface area (Å²) in [5, 5.41) is 5.35. The lowest BCUT2D eigenvalue weighted by Crippen LogP contribution is -2.40. The van der Waals surface area contributed by atoms with Gasteiger partial charge in [0.1, 0.15) is 5.75 Å². The largest absolute Gasteiger partial charge is 0.494 e. The number of carbonyl (C=O) groups is 2. The Morgan fingerprint density at radius 2 is 1.68 bits per heavy atom. The van der Waals surface area contributed by atoms with E-state index in [1.165, 1.54) is 6.42 Å². The van der Waals surface area contributed by atoms with Gasteiger partial charge >= 0.3 is 0 Å². The first-order valence-corrected chi connectivity index (χ1v) is 9.02. The fourth-order valence-corrected chi connectivity index (χ4v) is 5.00. The Kier molecular flexibility index (Phi) is 3.14. The van der Waals surface area contributed by atoms with Crippen LogP contribution in [0, 0.1) is 35.5 Å². The molecule has 5 nitrogen and oxygen atoms in total. The normalized spacial score (nSPS) is 37.6. The third-order valence-corrected chi connectivity index (χ3v) is 6.15. The van der Waals surface area contributed by atoms with Gasteiger partial charge in [0.2, 0.25) is 0 Å². The minimum atomic E-state index is -0.191. The lowest BCUT2D eigenvalue weighted by molar-refractivity contribution is -0.140. The van der Waals surface area contributed by atoms with E-state index < -0.39 is 0 Å². The SMILES string of the molecule is CCOc1ccc(/C=N\N2C(=O)[C@@H]3[C@@H]4C=C[C@H]([C@H]5C[C@@H]45)[C@@H]3C2=O)cc1. The topological polar surface area (TPSA) is 59.0 Å². The van der Waals surface area contributed by atoms with E-state index in [1.54, 1.807) is 6.21 Å². The number of benzene rings is 1. The summed E-state index contributed by atoms with van der Waals surface area (Å²) in [4.78, 5) is 25.6. The van der Waals surface area contributed by atoms with Crippen molar-refractivity contribution in [2.45, 2.75) is 13.3 Å². The molecule has 6 rings (SSSR count). The van der Waals surface area contributed by atoms with Crippen molar-refractivity contribution < 1.29 is 14.3 Å². The molecular formula is C20H20N2O3. The molecule has 5 aliphatic rings. The number of allylic oxidation sites excluding steroid dienone is 2. The van der Waals surface area contributed by atoms with Crippen LogP contribution in [0.2, 0.25) is 0 Å². The van der Waals surface area contributed by atoms with E-state index in [4.69, 9.17) is 4.74 Å². The van der Waals surface area contributed by atoms with Gasteiger partial charge in [0.05, 0.1) is 24.7 Å². The molecule has 0 N–H and O–H groups in total. The molecule has 0 unspecified atom stereocenters. The molecule has 2 saturated carbocycles. The maximum Gasteiger partial charge on any atom is 0.254 e. The summed E-state index contributed by atoms with van der Waals surface area (Å²) in [5.41, 5.74) is 0.836. The third-order valence-electron chi connectivity index (χ3n) is 6.15. The van der Waals surface area contributed by atoms with E-state index in [9.17, 15) is 9.59 Å². The van der Waals surface area contributed by atoms with Crippen LogP contribution >= 0.6 is 0 Å². The number of rotatable bonds is 4. The Bertz CT molecular complexity index is 762. The predicted molar refractivity (Wildman–Crippen MR) is 91.8 cm³/mol. The van der Waals surface area contributed by atoms with Gasteiger partial charge in [0, 0.05) is 0 Å². The van der Waals surface area contributed by atoms with Gasteiger partial charge < -0.3 is 4.74 Å². The van der Waals surface area contributed by atoms with Crippen molar-refractivity contribution in [2.24, 2.45) is 40.6 Å². The van der Waals surface area contributed by atoms with E-state index in [1.807, 2.05) is 31.2 Å². The van der Waals surface area contributed by atoms with Crippen molar-refractivity contribution in [3.05, 3.63) is 42.0 Å². The second-order valence-corrected chi connectivity index (χ2v) is 7.39. The lowest BCUT2D eigenvalue weighted by Gasteiger charge is -2.37. The van der Waals surface area contributed by atoms with Crippen LogP contribution in [0.3, 0.4) is 0 Å². The molecule has 1 saturated heterocycles. The van der Waals surface area contributed by atoms with Crippen LogP contribution < -0.4 is 4.74 Å². The Hall–Kier alpha value is -2.43. The molecule has 0 aromatic heterocycles. The summed E-state index contributed by atoms with van der Waals surface area (Å²) in [6.45, 7) is 2.55. The Morgan fingerprint density at radius 3 is 2.24 bits per heavy atom. The van der Waals surface area contributed by atoms with Crippen molar-refractivity contribution in [1.29, 1.82) is 0 Å². The van der Waals surface area contributed by atoms with Gasteiger partial charge in [-0.2, -0.15) is 10.1 Å². The standard InChI is InChI=1S/C20H20N2O3/c1-2-25-12-5-3-11(4-6-12)10-21-22-19(23)17-13-7-8-14(16-9-15(13)16)18(17)20(22)24/h3-8,10,13-18H,2,9H2,1H3/b21-10-/t13-,14-,15-,16+,17+,18-/m1/s1. The van der Waals surface area contributed by atoms with Gasteiger partial charge in [0.15, 0.2) is 0 Å². The van der Waals surface area contributed by atoms with Gasteiger partial charge in [-0.3, -0.25) is 9.59 Å². The van der Waals surface area contributed by atoms with Crippen molar-refractivity contribution in [2.75, 3.05) is 6.61 Å². The van der Waals surface area contributed by atoms with Crippen LogP contribution in [0.25, 0.3) is 0 Å². The zero-order valence-electron chi connectivity index (χ0n) is 14.0. The monoisotopic (exact) mass is 336 g/mol. The first-order chi connectivity index (χ1) is 12.2. The molecule has 1 heterocycles. The smallest absolute Gasteiger partial charge is 0.254 e. The summed E-state index contributed by atoms with van der Waals surface area (Å²) >= 11 is 0. The number of nitrogens with zero attached hydrogens (tertiary/aromatic N) is 2. The molecule has 6 atom stereocenters. The fraction of sp³-hybridized carbons (Fsp3) is 0.450. The van der Waals surface area contributed by atoms with Crippen molar-refractivity contribution in [3.63, 3.8) is 0 Å². The van der Waals surface area contributed by atoms with Crippen LogP contribution in [0.1, 0.15) is 18.9 Å². The number of amides is 2. The summed E-state index contributed by atoms with van der Waals surface area (Å²) in [7, 11) is 0. The maximum absolute atomic E-state index is 12.8. The molecule has 3 fully saturated rings. The van der Waals surface area contributed by atoms with Crippen LogP contribution in [0.15, 0.2) is 41.5 Å². The molecule has 25 heavy (non-hydrogen) atoms. The van der Waals surface area contributed by atoms with Gasteiger partial charge in [-0.15, -0.1) is 0 Å². The van der Waals surface area contributed by atoms with E-state index in [0.717, 1.165) is 16.3 Å². The highest BCUT2D eigenvalue weighted by Crippen LogP contribution is 2.65. The number of imide groups is 1. The van der Waals surface area contributed by atoms with Crippen molar-refractivity contribution >= 4 is 18.0 Å². The Morgan fingerprint density at radius 1 is 1.08 bits per heavy atom. The highest BCUT2D eigenvalue weighted by Gasteiger charge is 2.67. The van der Waals surface area contributed by atoms with E-state index >= 15 is 0 Å². The first-order valence-electron chi connectivity index (χ1n) is 9.02. The van der Waals surface area contributed by atoms with Crippen LogP contribution in [-0.2, 0) is 9.59 Å². The quantitative estimate of drug-likeness (QED) is 0.482. The van der Waals surface area contributed by atoms with Crippen LogP contribution in [0.4, 0.5) is 0 Å².